The summed E-state index contributed by atoms with van der Waals surface area (Å²) in [5.74, 6) is 0.108. The standard InChI is InChI=1S/C19H19N3O3S2/c23-16(20-11-14-7-4-9-25-14)12-27-19-21-15-8-10-26-17(15)18(24)22(19)13-5-2-1-3-6-13/h1-3,5-6,8,10,14H,4,7,9,11-12H2,(H,20,23)/t14-/m0/s1. The number of benzene rings is 1. The highest BCUT2D eigenvalue weighted by Gasteiger charge is 2.18. The zero-order chi connectivity index (χ0) is 18.6. The molecule has 0 unspecified atom stereocenters. The van der Waals surface area contributed by atoms with Crippen molar-refractivity contribution in [2.45, 2.75) is 24.1 Å². The molecule has 0 spiro atoms. The number of fused-ring (bicyclic) bond motifs is 1. The molecule has 2 aromatic heterocycles. The van der Waals surface area contributed by atoms with Crippen molar-refractivity contribution in [3.8, 4) is 5.69 Å². The summed E-state index contributed by atoms with van der Waals surface area (Å²) < 4.78 is 7.72. The van der Waals surface area contributed by atoms with Gasteiger partial charge in [-0.3, -0.25) is 14.2 Å². The lowest BCUT2D eigenvalue weighted by atomic mass is 10.2. The molecule has 0 radical (unpaired) electrons. The molecule has 8 heteroatoms. The predicted octanol–water partition coefficient (Wildman–Crippen LogP) is 2.83. The molecule has 0 bridgehead atoms. The average Bonchev–Trinajstić information content (AvgIpc) is 3.37. The number of hydrogen-bond acceptors (Lipinski definition) is 6. The highest BCUT2D eigenvalue weighted by atomic mass is 32.2. The molecule has 3 aromatic rings. The van der Waals surface area contributed by atoms with Crippen LogP contribution in [0.25, 0.3) is 15.9 Å². The molecule has 6 nitrogen and oxygen atoms in total. The molecule has 27 heavy (non-hydrogen) atoms. The Kier molecular flexibility index (Phi) is 5.56. The van der Waals surface area contributed by atoms with Gasteiger partial charge in [0.05, 0.1) is 23.1 Å². The van der Waals surface area contributed by atoms with Crippen molar-refractivity contribution in [2.24, 2.45) is 0 Å². The third kappa shape index (κ3) is 4.07. The molecule has 1 aliphatic heterocycles. The van der Waals surface area contributed by atoms with Crippen LogP contribution in [0.15, 0.2) is 51.7 Å². The van der Waals surface area contributed by atoms with Crippen molar-refractivity contribution < 1.29 is 9.53 Å². The number of nitrogens with zero attached hydrogens (tertiary/aromatic N) is 2. The highest BCUT2D eigenvalue weighted by molar-refractivity contribution is 7.99. The molecule has 1 atom stereocenters. The summed E-state index contributed by atoms with van der Waals surface area (Å²) in [4.78, 5) is 29.8. The molecule has 140 valence electrons. The maximum atomic E-state index is 13.0. The fraction of sp³-hybridized carbons (Fsp3) is 0.316. The molecule has 1 N–H and O–H groups in total. The third-order valence-electron chi connectivity index (χ3n) is 4.35. The van der Waals surface area contributed by atoms with Gasteiger partial charge in [0.1, 0.15) is 4.70 Å². The zero-order valence-electron chi connectivity index (χ0n) is 14.6. The van der Waals surface area contributed by atoms with Crippen molar-refractivity contribution in [3.63, 3.8) is 0 Å². The number of carbonyl (C=O) groups excluding carboxylic acids is 1. The largest absolute Gasteiger partial charge is 0.376 e. The summed E-state index contributed by atoms with van der Waals surface area (Å²) in [5.41, 5.74) is 1.30. The van der Waals surface area contributed by atoms with E-state index in [1.807, 2.05) is 41.8 Å². The Hall–Kier alpha value is -2.16. The van der Waals surface area contributed by atoms with E-state index in [-0.39, 0.29) is 23.3 Å². The molecule has 0 aliphatic carbocycles. The smallest absolute Gasteiger partial charge is 0.276 e. The van der Waals surface area contributed by atoms with E-state index in [1.165, 1.54) is 23.1 Å². The number of rotatable bonds is 6. The van der Waals surface area contributed by atoms with Crippen LogP contribution in [0.4, 0.5) is 0 Å². The van der Waals surface area contributed by atoms with Crippen molar-refractivity contribution in [1.29, 1.82) is 0 Å². The van der Waals surface area contributed by atoms with Crippen LogP contribution in [0.3, 0.4) is 0 Å². The Bertz CT molecular complexity index is 994. The molecular weight excluding hydrogens is 382 g/mol. The predicted molar refractivity (Wildman–Crippen MR) is 108 cm³/mol. The number of hydrogen-bond donors (Lipinski definition) is 1. The number of thiophene rings is 1. The quantitative estimate of drug-likeness (QED) is 0.508. The average molecular weight is 402 g/mol. The van der Waals surface area contributed by atoms with Crippen LogP contribution in [0.5, 0.6) is 0 Å². The van der Waals surface area contributed by atoms with E-state index in [0.717, 1.165) is 25.1 Å². The lowest BCUT2D eigenvalue weighted by Gasteiger charge is -2.13. The van der Waals surface area contributed by atoms with Gasteiger partial charge < -0.3 is 10.1 Å². The molecule has 3 heterocycles. The van der Waals surface area contributed by atoms with Gasteiger partial charge in [-0.1, -0.05) is 30.0 Å². The topological polar surface area (TPSA) is 73.2 Å². The van der Waals surface area contributed by atoms with Gasteiger partial charge in [-0.05, 0) is 36.4 Å². The first-order valence-electron chi connectivity index (χ1n) is 8.79. The highest BCUT2D eigenvalue weighted by Crippen LogP contribution is 2.23. The summed E-state index contributed by atoms with van der Waals surface area (Å²) in [7, 11) is 0. The van der Waals surface area contributed by atoms with Gasteiger partial charge in [0.2, 0.25) is 5.91 Å². The van der Waals surface area contributed by atoms with Gasteiger partial charge >= 0.3 is 0 Å². The minimum absolute atomic E-state index is 0.0882. The van der Waals surface area contributed by atoms with Crippen LogP contribution in [0.2, 0.25) is 0 Å². The Morgan fingerprint density at radius 1 is 1.33 bits per heavy atom. The fourth-order valence-electron chi connectivity index (χ4n) is 3.01. The summed E-state index contributed by atoms with van der Waals surface area (Å²) >= 11 is 2.65. The molecule has 0 saturated carbocycles. The van der Waals surface area contributed by atoms with Gasteiger partial charge in [-0.15, -0.1) is 11.3 Å². The summed E-state index contributed by atoms with van der Waals surface area (Å²) in [6, 6.07) is 11.2. The van der Waals surface area contributed by atoms with Crippen LogP contribution in [-0.4, -0.2) is 40.5 Å². The van der Waals surface area contributed by atoms with Crippen LogP contribution in [0.1, 0.15) is 12.8 Å². The molecular formula is C19H19N3O3S2. The first kappa shape index (κ1) is 18.2. The van der Waals surface area contributed by atoms with Crippen molar-refractivity contribution in [1.82, 2.24) is 14.9 Å². The van der Waals surface area contributed by atoms with Gasteiger partial charge in [0.15, 0.2) is 5.16 Å². The van der Waals surface area contributed by atoms with E-state index in [0.29, 0.717) is 21.9 Å². The Balaban J connectivity index is 1.55. The van der Waals surface area contributed by atoms with Gasteiger partial charge in [-0.25, -0.2) is 4.98 Å². The SMILES string of the molecule is O=C(CSc1nc2ccsc2c(=O)n1-c1ccccc1)NC[C@@H]1CCCO1. The second kappa shape index (κ2) is 8.24. The monoisotopic (exact) mass is 401 g/mol. The minimum Gasteiger partial charge on any atom is -0.376 e. The third-order valence-corrected chi connectivity index (χ3v) is 6.18. The second-order valence-electron chi connectivity index (χ2n) is 6.23. The summed E-state index contributed by atoms with van der Waals surface area (Å²) in [6.45, 7) is 1.30. The first-order chi connectivity index (χ1) is 13.2. The summed E-state index contributed by atoms with van der Waals surface area (Å²) in [5, 5.41) is 5.28. The number of carbonyl (C=O) groups is 1. The van der Waals surface area contributed by atoms with Crippen LogP contribution >= 0.6 is 23.1 Å². The minimum atomic E-state index is -0.108. The zero-order valence-corrected chi connectivity index (χ0v) is 16.2. The van der Waals surface area contributed by atoms with E-state index < -0.39 is 0 Å². The van der Waals surface area contributed by atoms with Gasteiger partial charge in [0, 0.05) is 13.2 Å². The molecule has 1 aliphatic rings. The number of amides is 1. The number of para-hydroxylation sites is 1. The van der Waals surface area contributed by atoms with Crippen LogP contribution in [0, 0.1) is 0 Å². The Morgan fingerprint density at radius 2 is 2.19 bits per heavy atom. The lowest BCUT2D eigenvalue weighted by Crippen LogP contribution is -2.33. The van der Waals surface area contributed by atoms with Crippen molar-refractivity contribution >= 4 is 39.2 Å². The van der Waals surface area contributed by atoms with Crippen molar-refractivity contribution in [3.05, 3.63) is 52.1 Å². The Labute approximate surface area is 164 Å². The van der Waals surface area contributed by atoms with Crippen LogP contribution in [-0.2, 0) is 9.53 Å². The molecule has 1 fully saturated rings. The van der Waals surface area contributed by atoms with Gasteiger partial charge in [-0.2, -0.15) is 0 Å². The molecule has 1 aromatic carbocycles. The number of nitrogens with one attached hydrogen (secondary N) is 1. The van der Waals surface area contributed by atoms with E-state index in [4.69, 9.17) is 4.74 Å². The molecule has 1 saturated heterocycles. The van der Waals surface area contributed by atoms with E-state index in [9.17, 15) is 9.59 Å². The Morgan fingerprint density at radius 3 is 2.96 bits per heavy atom. The van der Waals surface area contributed by atoms with E-state index >= 15 is 0 Å². The number of thioether (sulfide) groups is 1. The van der Waals surface area contributed by atoms with E-state index in [1.54, 1.807) is 4.57 Å². The fourth-order valence-corrected chi connectivity index (χ4v) is 4.61. The maximum absolute atomic E-state index is 13.0. The molecule has 1 amide bonds. The van der Waals surface area contributed by atoms with Gasteiger partial charge in [0.25, 0.3) is 5.56 Å². The molecule has 4 rings (SSSR count). The first-order valence-corrected chi connectivity index (χ1v) is 10.7. The van der Waals surface area contributed by atoms with Crippen LogP contribution < -0.4 is 10.9 Å². The number of ether oxygens (including phenoxy) is 1. The lowest BCUT2D eigenvalue weighted by molar-refractivity contribution is -0.119. The van der Waals surface area contributed by atoms with E-state index in [2.05, 4.69) is 10.3 Å². The van der Waals surface area contributed by atoms with Crippen molar-refractivity contribution in [2.75, 3.05) is 18.9 Å². The summed E-state index contributed by atoms with van der Waals surface area (Å²) in [6.07, 6.45) is 2.14. The maximum Gasteiger partial charge on any atom is 0.276 e. The normalized spacial score (nSPS) is 16.7. The number of aromatic nitrogens is 2. The second-order valence-corrected chi connectivity index (χ2v) is 8.09.